The molecule has 0 amide bonds. The molecule has 0 saturated heterocycles. The number of nitrogens with two attached hydrogens (primary N) is 1. The first kappa shape index (κ1) is 12.4. The molecule has 0 radical (unpaired) electrons. The van der Waals surface area contributed by atoms with Crippen LogP contribution in [0.4, 0.5) is 5.69 Å². The quantitative estimate of drug-likeness (QED) is 0.817. The van der Waals surface area contributed by atoms with Crippen LogP contribution in [0.15, 0.2) is 18.2 Å². The fourth-order valence-corrected chi connectivity index (χ4v) is 1.90. The zero-order valence-corrected chi connectivity index (χ0v) is 10.7. The first-order valence-electron chi connectivity index (χ1n) is 5.27. The van der Waals surface area contributed by atoms with E-state index in [4.69, 9.17) is 22.4 Å². The molecule has 0 fully saturated rings. The van der Waals surface area contributed by atoms with Gasteiger partial charge in [0.25, 0.3) is 0 Å². The van der Waals surface area contributed by atoms with Gasteiger partial charge >= 0.3 is 5.97 Å². The van der Waals surface area contributed by atoms with Gasteiger partial charge in [-0.25, -0.2) is 9.48 Å². The van der Waals surface area contributed by atoms with Gasteiger partial charge in [-0.05, 0) is 26.0 Å². The lowest BCUT2D eigenvalue weighted by Crippen LogP contribution is -2.09. The summed E-state index contributed by atoms with van der Waals surface area (Å²) in [5.74, 6) is -1.07. The van der Waals surface area contributed by atoms with Crippen molar-refractivity contribution in [3.05, 3.63) is 40.2 Å². The Labute approximate surface area is 109 Å². The van der Waals surface area contributed by atoms with Crippen molar-refractivity contribution in [2.45, 2.75) is 13.8 Å². The lowest BCUT2D eigenvalue weighted by atomic mass is 10.1. The summed E-state index contributed by atoms with van der Waals surface area (Å²) in [7, 11) is 0. The summed E-state index contributed by atoms with van der Waals surface area (Å²) in [5.41, 5.74) is 8.00. The predicted octanol–water partition coefficient (Wildman–Crippen LogP) is 2.42. The van der Waals surface area contributed by atoms with Crippen molar-refractivity contribution < 1.29 is 9.90 Å². The molecule has 2 rings (SSSR count). The summed E-state index contributed by atoms with van der Waals surface area (Å²) in [5, 5.41) is 13.8. The van der Waals surface area contributed by atoms with E-state index in [1.807, 2.05) is 0 Å². The minimum atomic E-state index is -1.07. The third-order valence-corrected chi connectivity index (χ3v) is 3.29. The molecule has 3 N–H and O–H groups in total. The lowest BCUT2D eigenvalue weighted by molar-refractivity contribution is 0.0698. The number of aromatic carboxylic acids is 1. The SMILES string of the molecule is Cc1nn(-c2cccc(C(=O)O)c2N)c(C)c1Cl. The molecule has 94 valence electrons. The second-order valence-electron chi connectivity index (χ2n) is 3.94. The molecule has 6 heteroatoms. The number of aryl methyl sites for hydroxylation is 1. The Bertz CT molecular complexity index is 634. The van der Waals surface area contributed by atoms with Gasteiger partial charge in [0.1, 0.15) is 0 Å². The van der Waals surface area contributed by atoms with E-state index in [0.717, 1.165) is 5.69 Å². The zero-order chi connectivity index (χ0) is 13.4. The summed E-state index contributed by atoms with van der Waals surface area (Å²) in [6.07, 6.45) is 0. The molecule has 0 aliphatic heterocycles. The van der Waals surface area contributed by atoms with Gasteiger partial charge in [0, 0.05) is 0 Å². The first-order chi connectivity index (χ1) is 8.43. The van der Waals surface area contributed by atoms with Crippen molar-refractivity contribution in [2.24, 2.45) is 0 Å². The van der Waals surface area contributed by atoms with Crippen LogP contribution in [0, 0.1) is 13.8 Å². The summed E-state index contributed by atoms with van der Waals surface area (Å²) in [6.45, 7) is 3.58. The molecule has 0 spiro atoms. The number of carboxylic acid groups (broad SMARTS) is 1. The van der Waals surface area contributed by atoms with Crippen LogP contribution >= 0.6 is 11.6 Å². The highest BCUT2D eigenvalue weighted by atomic mass is 35.5. The number of carbonyl (C=O) groups is 1. The van der Waals surface area contributed by atoms with E-state index < -0.39 is 5.97 Å². The number of para-hydroxylation sites is 1. The maximum Gasteiger partial charge on any atom is 0.337 e. The Balaban J connectivity index is 2.68. The van der Waals surface area contributed by atoms with E-state index >= 15 is 0 Å². The topological polar surface area (TPSA) is 81.1 Å². The zero-order valence-electron chi connectivity index (χ0n) is 9.94. The smallest absolute Gasteiger partial charge is 0.337 e. The van der Waals surface area contributed by atoms with Gasteiger partial charge < -0.3 is 10.8 Å². The Morgan fingerprint density at radius 3 is 2.61 bits per heavy atom. The summed E-state index contributed by atoms with van der Waals surface area (Å²) in [4.78, 5) is 11.0. The molecule has 1 heterocycles. The Hall–Kier alpha value is -2.01. The maximum absolute atomic E-state index is 11.0. The Morgan fingerprint density at radius 1 is 1.44 bits per heavy atom. The molecule has 0 aliphatic carbocycles. The summed E-state index contributed by atoms with van der Waals surface area (Å²) < 4.78 is 1.56. The molecule has 1 aromatic heterocycles. The van der Waals surface area contributed by atoms with Crippen LogP contribution in [0.1, 0.15) is 21.7 Å². The van der Waals surface area contributed by atoms with Crippen molar-refractivity contribution in [3.8, 4) is 5.69 Å². The Morgan fingerprint density at radius 2 is 2.11 bits per heavy atom. The van der Waals surface area contributed by atoms with Crippen LogP contribution in [-0.2, 0) is 0 Å². The van der Waals surface area contributed by atoms with Crippen molar-refractivity contribution in [1.29, 1.82) is 0 Å². The van der Waals surface area contributed by atoms with E-state index in [2.05, 4.69) is 5.10 Å². The molecule has 0 aliphatic rings. The van der Waals surface area contributed by atoms with Gasteiger partial charge in [-0.1, -0.05) is 17.7 Å². The standard InChI is InChI=1S/C12H12ClN3O2/c1-6-10(13)7(2)16(15-6)9-5-3-4-8(11(9)14)12(17)18/h3-5H,14H2,1-2H3,(H,17,18). The molecule has 18 heavy (non-hydrogen) atoms. The second kappa shape index (κ2) is 4.34. The molecule has 0 saturated carbocycles. The largest absolute Gasteiger partial charge is 0.478 e. The Kier molecular flexibility index (Phi) is 3.00. The number of rotatable bonds is 2. The highest BCUT2D eigenvalue weighted by Crippen LogP contribution is 2.27. The number of halogens is 1. The molecule has 5 nitrogen and oxygen atoms in total. The van der Waals surface area contributed by atoms with Gasteiger partial charge in [0.2, 0.25) is 0 Å². The van der Waals surface area contributed by atoms with E-state index in [-0.39, 0.29) is 11.3 Å². The van der Waals surface area contributed by atoms with Crippen LogP contribution in [0.25, 0.3) is 5.69 Å². The number of nitrogens with zero attached hydrogens (tertiary/aromatic N) is 2. The van der Waals surface area contributed by atoms with Crippen molar-refractivity contribution in [2.75, 3.05) is 5.73 Å². The average molecular weight is 266 g/mol. The van der Waals surface area contributed by atoms with Crippen molar-refractivity contribution >= 4 is 23.3 Å². The number of carboxylic acids is 1. The van der Waals surface area contributed by atoms with E-state index in [1.54, 1.807) is 30.7 Å². The highest BCUT2D eigenvalue weighted by Gasteiger charge is 2.16. The van der Waals surface area contributed by atoms with Crippen LogP contribution in [0.5, 0.6) is 0 Å². The fraction of sp³-hybridized carbons (Fsp3) is 0.167. The second-order valence-corrected chi connectivity index (χ2v) is 4.32. The van der Waals surface area contributed by atoms with Crippen molar-refractivity contribution in [1.82, 2.24) is 9.78 Å². The molecular formula is C12H12ClN3O2. The normalized spacial score (nSPS) is 10.6. The molecule has 1 aromatic carbocycles. The van der Waals surface area contributed by atoms with E-state index in [9.17, 15) is 4.79 Å². The maximum atomic E-state index is 11.0. The molecule has 0 unspecified atom stereocenters. The monoisotopic (exact) mass is 265 g/mol. The van der Waals surface area contributed by atoms with Gasteiger partial charge in [-0.2, -0.15) is 5.10 Å². The minimum absolute atomic E-state index is 0.0520. The van der Waals surface area contributed by atoms with Gasteiger partial charge in [-0.3, -0.25) is 0 Å². The highest BCUT2D eigenvalue weighted by molar-refractivity contribution is 6.31. The lowest BCUT2D eigenvalue weighted by Gasteiger charge is -2.09. The van der Waals surface area contributed by atoms with Crippen LogP contribution in [-0.4, -0.2) is 20.9 Å². The number of aromatic nitrogens is 2. The fourth-order valence-electron chi connectivity index (χ4n) is 1.78. The number of anilines is 1. The van der Waals surface area contributed by atoms with Gasteiger partial charge in [0.15, 0.2) is 0 Å². The first-order valence-corrected chi connectivity index (χ1v) is 5.65. The number of hydrogen-bond acceptors (Lipinski definition) is 3. The molecule has 0 atom stereocenters. The minimum Gasteiger partial charge on any atom is -0.478 e. The average Bonchev–Trinajstić information content (AvgIpc) is 2.57. The number of benzene rings is 1. The summed E-state index contributed by atoms with van der Waals surface area (Å²) in [6, 6.07) is 4.78. The van der Waals surface area contributed by atoms with E-state index in [1.165, 1.54) is 6.07 Å². The van der Waals surface area contributed by atoms with Crippen molar-refractivity contribution in [3.63, 3.8) is 0 Å². The van der Waals surface area contributed by atoms with Crippen LogP contribution in [0.2, 0.25) is 5.02 Å². The summed E-state index contributed by atoms with van der Waals surface area (Å²) >= 11 is 6.06. The van der Waals surface area contributed by atoms with Crippen LogP contribution in [0.3, 0.4) is 0 Å². The van der Waals surface area contributed by atoms with Crippen LogP contribution < -0.4 is 5.73 Å². The molecule has 0 bridgehead atoms. The van der Waals surface area contributed by atoms with E-state index in [0.29, 0.717) is 16.4 Å². The third kappa shape index (κ3) is 1.82. The number of hydrogen-bond donors (Lipinski definition) is 2. The van der Waals surface area contributed by atoms with Gasteiger partial charge in [0.05, 0.1) is 33.3 Å². The number of nitrogen functional groups attached to an aromatic ring is 1. The molecule has 2 aromatic rings. The van der Waals surface area contributed by atoms with Gasteiger partial charge in [-0.15, -0.1) is 0 Å². The third-order valence-electron chi connectivity index (χ3n) is 2.74. The predicted molar refractivity (Wildman–Crippen MR) is 69.4 cm³/mol. The molecular weight excluding hydrogens is 254 g/mol.